The van der Waals surface area contributed by atoms with Crippen LogP contribution in [-0.2, 0) is 13.1 Å². The summed E-state index contributed by atoms with van der Waals surface area (Å²) in [4.78, 5) is 12.5. The van der Waals surface area contributed by atoms with E-state index in [0.717, 1.165) is 29.4 Å². The molecule has 3 aromatic rings. The number of nitrogens with one attached hydrogen (secondary N) is 1. The van der Waals surface area contributed by atoms with Gasteiger partial charge >= 0.3 is 0 Å². The van der Waals surface area contributed by atoms with Gasteiger partial charge in [0, 0.05) is 25.0 Å². The molecule has 0 aliphatic carbocycles. The molecule has 21 heavy (non-hydrogen) atoms. The normalized spacial score (nSPS) is 10.7. The number of benzene rings is 1. The van der Waals surface area contributed by atoms with E-state index in [2.05, 4.69) is 37.0 Å². The summed E-state index contributed by atoms with van der Waals surface area (Å²) in [7, 11) is 0. The molecule has 2 heterocycles. The van der Waals surface area contributed by atoms with E-state index in [1.54, 1.807) is 12.5 Å². The van der Waals surface area contributed by atoms with Crippen molar-refractivity contribution in [1.82, 2.24) is 24.8 Å². The highest BCUT2D eigenvalue weighted by molar-refractivity contribution is 5.35. The molecular weight excluding hydrogens is 262 g/mol. The van der Waals surface area contributed by atoms with E-state index in [0.29, 0.717) is 6.54 Å². The molecule has 0 fully saturated rings. The lowest BCUT2D eigenvalue weighted by atomic mass is 10.3. The molecule has 1 N–H and O–H groups in total. The van der Waals surface area contributed by atoms with Crippen molar-refractivity contribution >= 4 is 0 Å². The molecule has 0 amide bonds. The van der Waals surface area contributed by atoms with Gasteiger partial charge in [-0.05, 0) is 25.1 Å². The second-order valence-electron chi connectivity index (χ2n) is 4.77. The van der Waals surface area contributed by atoms with Crippen LogP contribution < -0.4 is 5.32 Å². The average Bonchev–Trinajstić information content (AvgIpc) is 2.90. The average molecular weight is 279 g/mol. The Morgan fingerprint density at radius 2 is 1.90 bits per heavy atom. The first-order chi connectivity index (χ1) is 10.3. The van der Waals surface area contributed by atoms with Crippen LogP contribution in [-0.4, -0.2) is 19.5 Å². The molecule has 0 bridgehead atoms. The maximum Gasteiger partial charge on any atom is 0.115 e. The predicted molar refractivity (Wildman–Crippen MR) is 80.9 cm³/mol. The molecular formula is C16H17N5. The Balaban J connectivity index is 1.72. The summed E-state index contributed by atoms with van der Waals surface area (Å²) in [5, 5.41) is 3.39. The van der Waals surface area contributed by atoms with E-state index >= 15 is 0 Å². The van der Waals surface area contributed by atoms with Crippen LogP contribution in [0.3, 0.4) is 0 Å². The van der Waals surface area contributed by atoms with Crippen LogP contribution in [0.5, 0.6) is 0 Å². The highest BCUT2D eigenvalue weighted by Gasteiger charge is 2.08. The zero-order chi connectivity index (χ0) is 14.5. The maximum absolute atomic E-state index is 4.42. The smallest absolute Gasteiger partial charge is 0.115 e. The number of hydrogen-bond acceptors (Lipinski definition) is 4. The van der Waals surface area contributed by atoms with Gasteiger partial charge < -0.3 is 5.32 Å². The van der Waals surface area contributed by atoms with Crippen LogP contribution in [0.25, 0.3) is 5.69 Å². The molecule has 0 spiro atoms. The Bertz CT molecular complexity index is 691. The second-order valence-corrected chi connectivity index (χ2v) is 4.77. The fourth-order valence-corrected chi connectivity index (χ4v) is 2.29. The Hall–Kier alpha value is -2.53. The predicted octanol–water partition coefficient (Wildman–Crippen LogP) is 2.26. The van der Waals surface area contributed by atoms with E-state index in [1.807, 2.05) is 37.4 Å². The third-order valence-electron chi connectivity index (χ3n) is 3.28. The van der Waals surface area contributed by atoms with E-state index in [9.17, 15) is 0 Å². The first-order valence-electron chi connectivity index (χ1n) is 6.89. The molecule has 0 unspecified atom stereocenters. The lowest BCUT2D eigenvalue weighted by molar-refractivity contribution is 0.655. The van der Waals surface area contributed by atoms with Crippen molar-refractivity contribution in [2.45, 2.75) is 20.0 Å². The Kier molecular flexibility index (Phi) is 4.02. The van der Waals surface area contributed by atoms with Crippen molar-refractivity contribution < 1.29 is 0 Å². The fourth-order valence-electron chi connectivity index (χ4n) is 2.29. The van der Waals surface area contributed by atoms with Crippen LogP contribution in [0, 0.1) is 6.92 Å². The quantitative estimate of drug-likeness (QED) is 0.778. The van der Waals surface area contributed by atoms with Gasteiger partial charge in [-0.3, -0.25) is 4.57 Å². The van der Waals surface area contributed by atoms with E-state index < -0.39 is 0 Å². The third-order valence-corrected chi connectivity index (χ3v) is 3.28. The summed E-state index contributed by atoms with van der Waals surface area (Å²) in [5.74, 6) is 0.986. The zero-order valence-electron chi connectivity index (χ0n) is 11.9. The number of para-hydroxylation sites is 1. The van der Waals surface area contributed by atoms with Crippen molar-refractivity contribution in [3.8, 4) is 5.69 Å². The molecule has 0 radical (unpaired) electrons. The first-order valence-corrected chi connectivity index (χ1v) is 6.89. The number of aromatic nitrogens is 4. The Morgan fingerprint density at radius 3 is 2.67 bits per heavy atom. The number of nitrogens with zero attached hydrogens (tertiary/aromatic N) is 4. The number of hydrogen-bond donors (Lipinski definition) is 1. The van der Waals surface area contributed by atoms with Gasteiger partial charge in [-0.1, -0.05) is 18.2 Å². The van der Waals surface area contributed by atoms with Gasteiger partial charge in [-0.25, -0.2) is 15.0 Å². The maximum atomic E-state index is 4.42. The summed E-state index contributed by atoms with van der Waals surface area (Å²) in [6, 6.07) is 12.2. The molecule has 0 aliphatic rings. The van der Waals surface area contributed by atoms with Gasteiger partial charge in [0.05, 0.1) is 17.6 Å². The lowest BCUT2D eigenvalue weighted by Gasteiger charge is -2.11. The van der Waals surface area contributed by atoms with Crippen molar-refractivity contribution in [1.29, 1.82) is 0 Å². The first kappa shape index (κ1) is 13.5. The van der Waals surface area contributed by atoms with E-state index in [-0.39, 0.29) is 0 Å². The summed E-state index contributed by atoms with van der Waals surface area (Å²) in [6.45, 7) is 3.46. The SMILES string of the molecule is Cc1ncc(CNCc2ccncn2)n1-c1ccccc1. The molecule has 5 nitrogen and oxygen atoms in total. The molecule has 3 rings (SSSR count). The second kappa shape index (κ2) is 6.28. The fraction of sp³-hybridized carbons (Fsp3) is 0.188. The van der Waals surface area contributed by atoms with Crippen LogP contribution in [0.4, 0.5) is 0 Å². The highest BCUT2D eigenvalue weighted by Crippen LogP contribution is 2.14. The van der Waals surface area contributed by atoms with E-state index in [1.165, 1.54) is 0 Å². The lowest BCUT2D eigenvalue weighted by Crippen LogP contribution is -2.16. The number of imidazole rings is 1. The molecule has 0 saturated carbocycles. The van der Waals surface area contributed by atoms with Gasteiger partial charge in [0.2, 0.25) is 0 Å². The number of rotatable bonds is 5. The van der Waals surface area contributed by atoms with Crippen LogP contribution in [0.15, 0.2) is 55.1 Å². The van der Waals surface area contributed by atoms with Crippen LogP contribution in [0.1, 0.15) is 17.2 Å². The minimum absolute atomic E-state index is 0.710. The monoisotopic (exact) mass is 279 g/mol. The summed E-state index contributed by atoms with van der Waals surface area (Å²) in [6.07, 6.45) is 5.23. The zero-order valence-corrected chi connectivity index (χ0v) is 11.9. The molecule has 1 aromatic carbocycles. The van der Waals surface area contributed by atoms with Crippen LogP contribution in [0.2, 0.25) is 0 Å². The molecule has 0 atom stereocenters. The van der Waals surface area contributed by atoms with Gasteiger partial charge in [0.25, 0.3) is 0 Å². The summed E-state index contributed by atoms with van der Waals surface area (Å²) < 4.78 is 2.16. The van der Waals surface area contributed by atoms with Gasteiger partial charge in [-0.2, -0.15) is 0 Å². The summed E-state index contributed by atoms with van der Waals surface area (Å²) in [5.41, 5.74) is 3.24. The summed E-state index contributed by atoms with van der Waals surface area (Å²) >= 11 is 0. The minimum Gasteiger partial charge on any atom is -0.306 e. The van der Waals surface area contributed by atoms with Gasteiger partial charge in [-0.15, -0.1) is 0 Å². The van der Waals surface area contributed by atoms with E-state index in [4.69, 9.17) is 0 Å². The standard InChI is InChI=1S/C16H17N5/c1-13-19-11-16(21(13)15-5-3-2-4-6-15)10-18-9-14-7-8-17-12-20-14/h2-8,11-12,18H,9-10H2,1H3. The van der Waals surface area contributed by atoms with Crippen molar-refractivity contribution in [3.05, 3.63) is 72.3 Å². The molecule has 2 aromatic heterocycles. The Morgan fingerprint density at radius 1 is 1.05 bits per heavy atom. The molecule has 106 valence electrons. The molecule has 0 saturated heterocycles. The third kappa shape index (κ3) is 3.14. The number of aryl methyl sites for hydroxylation is 1. The van der Waals surface area contributed by atoms with Crippen molar-refractivity contribution in [3.63, 3.8) is 0 Å². The largest absolute Gasteiger partial charge is 0.306 e. The highest BCUT2D eigenvalue weighted by atomic mass is 15.1. The van der Waals surface area contributed by atoms with Crippen molar-refractivity contribution in [2.24, 2.45) is 0 Å². The van der Waals surface area contributed by atoms with Gasteiger partial charge in [0.15, 0.2) is 0 Å². The Labute approximate surface area is 123 Å². The molecule has 0 aliphatic heterocycles. The topological polar surface area (TPSA) is 55.6 Å². The van der Waals surface area contributed by atoms with Gasteiger partial charge in [0.1, 0.15) is 12.2 Å². The molecule has 5 heteroatoms. The van der Waals surface area contributed by atoms with Crippen LogP contribution >= 0.6 is 0 Å². The minimum atomic E-state index is 0.710. The van der Waals surface area contributed by atoms with Crippen molar-refractivity contribution in [2.75, 3.05) is 0 Å².